The van der Waals surface area contributed by atoms with Crippen molar-refractivity contribution in [1.82, 2.24) is 9.97 Å². The zero-order chi connectivity index (χ0) is 17.8. The van der Waals surface area contributed by atoms with Crippen LogP contribution in [0.2, 0.25) is 0 Å². The number of hydrogen-bond donors (Lipinski definition) is 1. The van der Waals surface area contributed by atoms with E-state index in [4.69, 9.17) is 9.57 Å². The lowest BCUT2D eigenvalue weighted by atomic mass is 9.93. The molecule has 0 bridgehead atoms. The van der Waals surface area contributed by atoms with Gasteiger partial charge in [0.25, 0.3) is 0 Å². The van der Waals surface area contributed by atoms with Gasteiger partial charge in [-0.05, 0) is 19.9 Å². The molecule has 0 amide bonds. The number of methoxy groups -OCH3 is 1. The number of benzene rings is 1. The first-order chi connectivity index (χ1) is 12.1. The van der Waals surface area contributed by atoms with Crippen LogP contribution in [0.15, 0.2) is 41.7 Å². The van der Waals surface area contributed by atoms with Crippen LogP contribution >= 0.6 is 0 Å². The third kappa shape index (κ3) is 3.63. The SMILES string of the molecule is CON=C1CC=CC=C1c1cc2cnc(NC(C)C)nc2cc1OC. The normalized spacial score (nSPS) is 15.6. The van der Waals surface area contributed by atoms with E-state index in [1.54, 1.807) is 14.2 Å². The molecule has 0 saturated carbocycles. The Labute approximate surface area is 147 Å². The van der Waals surface area contributed by atoms with E-state index in [0.717, 1.165) is 33.5 Å². The Kier molecular flexibility index (Phi) is 4.97. The van der Waals surface area contributed by atoms with Gasteiger partial charge in [-0.1, -0.05) is 23.4 Å². The lowest BCUT2D eigenvalue weighted by molar-refractivity contribution is 0.213. The van der Waals surface area contributed by atoms with Gasteiger partial charge in [0.15, 0.2) is 0 Å². The number of fused-ring (bicyclic) bond motifs is 1. The van der Waals surface area contributed by atoms with Crippen LogP contribution in [-0.4, -0.2) is 35.9 Å². The number of anilines is 1. The molecule has 0 unspecified atom stereocenters. The zero-order valence-corrected chi connectivity index (χ0v) is 14.9. The fourth-order valence-corrected chi connectivity index (χ4v) is 2.76. The van der Waals surface area contributed by atoms with Crippen molar-refractivity contribution in [2.24, 2.45) is 5.16 Å². The average molecular weight is 338 g/mol. The third-order valence-corrected chi connectivity index (χ3v) is 3.83. The molecule has 1 aliphatic carbocycles. The van der Waals surface area contributed by atoms with Gasteiger partial charge >= 0.3 is 0 Å². The highest BCUT2D eigenvalue weighted by Gasteiger charge is 2.18. The number of hydrogen-bond acceptors (Lipinski definition) is 6. The minimum Gasteiger partial charge on any atom is -0.496 e. The number of allylic oxidation sites excluding steroid dienone is 4. The van der Waals surface area contributed by atoms with Gasteiger partial charge in [-0.15, -0.1) is 0 Å². The zero-order valence-electron chi connectivity index (χ0n) is 14.9. The number of nitrogens with one attached hydrogen (secondary N) is 1. The molecule has 6 heteroatoms. The van der Waals surface area contributed by atoms with E-state index in [2.05, 4.69) is 34.3 Å². The average Bonchev–Trinajstić information content (AvgIpc) is 2.61. The van der Waals surface area contributed by atoms with Gasteiger partial charge in [0.1, 0.15) is 12.9 Å². The lowest BCUT2D eigenvalue weighted by Gasteiger charge is -2.16. The summed E-state index contributed by atoms with van der Waals surface area (Å²) in [5.74, 6) is 1.35. The monoisotopic (exact) mass is 338 g/mol. The summed E-state index contributed by atoms with van der Waals surface area (Å²) in [6.07, 6.45) is 8.61. The van der Waals surface area contributed by atoms with E-state index in [1.807, 2.05) is 36.6 Å². The van der Waals surface area contributed by atoms with Crippen molar-refractivity contribution in [3.63, 3.8) is 0 Å². The summed E-state index contributed by atoms with van der Waals surface area (Å²) in [7, 11) is 3.21. The summed E-state index contributed by atoms with van der Waals surface area (Å²) in [4.78, 5) is 14.0. The Morgan fingerprint density at radius 2 is 2.08 bits per heavy atom. The van der Waals surface area contributed by atoms with Crippen LogP contribution in [0.1, 0.15) is 25.8 Å². The molecule has 1 aromatic carbocycles. The molecule has 0 spiro atoms. The van der Waals surface area contributed by atoms with Gasteiger partial charge < -0.3 is 14.9 Å². The maximum Gasteiger partial charge on any atom is 0.223 e. The summed E-state index contributed by atoms with van der Waals surface area (Å²) in [6.45, 7) is 4.11. The summed E-state index contributed by atoms with van der Waals surface area (Å²) in [5.41, 5.74) is 3.62. The van der Waals surface area contributed by atoms with Crippen molar-refractivity contribution in [2.45, 2.75) is 26.3 Å². The van der Waals surface area contributed by atoms with Crippen LogP contribution < -0.4 is 10.1 Å². The summed E-state index contributed by atoms with van der Waals surface area (Å²) >= 11 is 0. The van der Waals surface area contributed by atoms with Crippen molar-refractivity contribution < 1.29 is 9.57 Å². The number of oxime groups is 1. The fraction of sp³-hybridized carbons (Fsp3) is 0.316. The first-order valence-electron chi connectivity index (χ1n) is 8.21. The molecule has 1 heterocycles. The minimum atomic E-state index is 0.269. The first-order valence-corrected chi connectivity index (χ1v) is 8.21. The van der Waals surface area contributed by atoms with Gasteiger partial charge in [-0.2, -0.15) is 0 Å². The van der Waals surface area contributed by atoms with Crippen LogP contribution in [0.5, 0.6) is 5.75 Å². The highest BCUT2D eigenvalue weighted by molar-refractivity contribution is 6.26. The summed E-state index contributed by atoms with van der Waals surface area (Å²) in [6, 6.07) is 4.23. The molecule has 0 radical (unpaired) electrons. The standard InChI is InChI=1S/C19H22N4O2/c1-12(2)21-19-20-11-13-9-15(18(24-3)10-17(13)22-19)14-7-5-6-8-16(14)23-25-4/h5-7,9-12H,8H2,1-4H3,(H,20,21,22). The molecule has 0 fully saturated rings. The van der Waals surface area contributed by atoms with Crippen LogP contribution in [0.25, 0.3) is 16.5 Å². The lowest BCUT2D eigenvalue weighted by Crippen LogP contribution is -2.12. The Bertz CT molecular complexity index is 869. The maximum absolute atomic E-state index is 5.61. The molecule has 130 valence electrons. The molecule has 6 nitrogen and oxygen atoms in total. The van der Waals surface area contributed by atoms with Gasteiger partial charge in [-0.25, -0.2) is 9.97 Å². The van der Waals surface area contributed by atoms with Crippen molar-refractivity contribution in [3.8, 4) is 5.75 Å². The van der Waals surface area contributed by atoms with Crippen LogP contribution in [0.3, 0.4) is 0 Å². The van der Waals surface area contributed by atoms with Gasteiger partial charge in [0, 0.05) is 41.2 Å². The predicted octanol–water partition coefficient (Wildman–Crippen LogP) is 3.80. The van der Waals surface area contributed by atoms with Gasteiger partial charge in [0.05, 0.1) is 18.3 Å². The van der Waals surface area contributed by atoms with E-state index in [0.29, 0.717) is 12.4 Å². The van der Waals surface area contributed by atoms with E-state index in [-0.39, 0.29) is 6.04 Å². The van der Waals surface area contributed by atoms with E-state index < -0.39 is 0 Å². The number of rotatable bonds is 5. The van der Waals surface area contributed by atoms with Crippen molar-refractivity contribution in [1.29, 1.82) is 0 Å². The molecule has 0 saturated heterocycles. The van der Waals surface area contributed by atoms with Crippen LogP contribution in [-0.2, 0) is 4.84 Å². The third-order valence-electron chi connectivity index (χ3n) is 3.83. The molecule has 3 rings (SSSR count). The van der Waals surface area contributed by atoms with E-state index in [9.17, 15) is 0 Å². The highest BCUT2D eigenvalue weighted by Crippen LogP contribution is 2.33. The van der Waals surface area contributed by atoms with Crippen LogP contribution in [0.4, 0.5) is 5.95 Å². The molecule has 25 heavy (non-hydrogen) atoms. The first kappa shape index (κ1) is 17.0. The number of nitrogens with zero attached hydrogens (tertiary/aromatic N) is 3. The molecule has 2 aromatic rings. The Balaban J connectivity index is 2.11. The van der Waals surface area contributed by atoms with Gasteiger partial charge in [0.2, 0.25) is 5.95 Å². The minimum absolute atomic E-state index is 0.269. The molecule has 1 aliphatic rings. The predicted molar refractivity (Wildman–Crippen MR) is 101 cm³/mol. The second-order valence-electron chi connectivity index (χ2n) is 6.04. The molecular weight excluding hydrogens is 316 g/mol. The molecule has 0 atom stereocenters. The summed E-state index contributed by atoms with van der Waals surface area (Å²) < 4.78 is 5.61. The second kappa shape index (κ2) is 7.34. The van der Waals surface area contributed by atoms with Gasteiger partial charge in [-0.3, -0.25) is 0 Å². The largest absolute Gasteiger partial charge is 0.496 e. The Hall–Kier alpha value is -2.89. The van der Waals surface area contributed by atoms with Crippen molar-refractivity contribution >= 4 is 28.1 Å². The number of ether oxygens (including phenoxy) is 1. The summed E-state index contributed by atoms with van der Waals surface area (Å²) in [5, 5.41) is 8.30. The van der Waals surface area contributed by atoms with Crippen LogP contribution in [0, 0.1) is 0 Å². The number of aromatic nitrogens is 2. The maximum atomic E-state index is 5.61. The molecule has 1 aromatic heterocycles. The second-order valence-corrected chi connectivity index (χ2v) is 6.04. The van der Waals surface area contributed by atoms with E-state index >= 15 is 0 Å². The Morgan fingerprint density at radius 3 is 2.80 bits per heavy atom. The highest BCUT2D eigenvalue weighted by atomic mass is 16.6. The quantitative estimate of drug-likeness (QED) is 0.840. The smallest absolute Gasteiger partial charge is 0.223 e. The molecule has 1 N–H and O–H groups in total. The van der Waals surface area contributed by atoms with Crippen molar-refractivity contribution in [2.75, 3.05) is 19.5 Å². The topological polar surface area (TPSA) is 68.6 Å². The molecule has 0 aliphatic heterocycles. The van der Waals surface area contributed by atoms with Crippen molar-refractivity contribution in [3.05, 3.63) is 42.1 Å². The molecular formula is C19H22N4O2. The van der Waals surface area contributed by atoms with E-state index in [1.165, 1.54) is 0 Å². The fourth-order valence-electron chi connectivity index (χ4n) is 2.76. The Morgan fingerprint density at radius 1 is 1.24 bits per heavy atom.